The third-order valence-electron chi connectivity index (χ3n) is 2.98. The molecule has 1 rings (SSSR count). The van der Waals surface area contributed by atoms with Crippen LogP contribution in [0.2, 0.25) is 0 Å². The van der Waals surface area contributed by atoms with Gasteiger partial charge in [0.2, 0.25) is 0 Å². The predicted molar refractivity (Wildman–Crippen MR) is 61.3 cm³/mol. The zero-order valence-corrected chi connectivity index (χ0v) is 9.89. The molecule has 0 saturated carbocycles. The second-order valence-electron chi connectivity index (χ2n) is 4.15. The quantitative estimate of drug-likeness (QED) is 0.686. The van der Waals surface area contributed by atoms with Gasteiger partial charge in [-0.1, -0.05) is 0 Å². The number of carbonyl (C=O) groups is 1. The number of carboxylic acid groups (broad SMARTS) is 1. The molecule has 0 aromatic heterocycles. The smallest absolute Gasteiger partial charge is 0.320 e. The summed E-state index contributed by atoms with van der Waals surface area (Å²) in [5.41, 5.74) is 5.45. The summed E-state index contributed by atoms with van der Waals surface area (Å²) in [6.45, 7) is 4.61. The van der Waals surface area contributed by atoms with Crippen molar-refractivity contribution in [2.24, 2.45) is 5.73 Å². The first kappa shape index (κ1) is 13.4. The number of ether oxygens (including phenoxy) is 1. The van der Waals surface area contributed by atoms with Gasteiger partial charge in [0.1, 0.15) is 6.04 Å². The fraction of sp³-hybridized carbons (Fsp3) is 0.909. The molecule has 3 N–H and O–H groups in total. The molecule has 0 bridgehead atoms. The monoisotopic (exact) mass is 230 g/mol. The molecule has 94 valence electrons. The molecule has 1 saturated heterocycles. The van der Waals surface area contributed by atoms with Crippen molar-refractivity contribution in [3.63, 3.8) is 0 Å². The van der Waals surface area contributed by atoms with Gasteiger partial charge in [-0.15, -0.1) is 0 Å². The van der Waals surface area contributed by atoms with Gasteiger partial charge in [-0.3, -0.25) is 9.69 Å². The minimum absolute atomic E-state index is 0.179. The molecule has 0 aliphatic carbocycles. The van der Waals surface area contributed by atoms with Gasteiger partial charge in [-0.25, -0.2) is 0 Å². The molecule has 5 nitrogen and oxygen atoms in total. The largest absolute Gasteiger partial charge is 0.480 e. The Morgan fingerprint density at radius 1 is 1.69 bits per heavy atom. The van der Waals surface area contributed by atoms with E-state index in [1.54, 1.807) is 0 Å². The minimum Gasteiger partial charge on any atom is -0.480 e. The third-order valence-corrected chi connectivity index (χ3v) is 2.98. The number of nitrogens with zero attached hydrogens (tertiary/aromatic N) is 1. The maximum atomic E-state index is 11.1. The van der Waals surface area contributed by atoms with Gasteiger partial charge in [0, 0.05) is 13.2 Å². The highest BCUT2D eigenvalue weighted by Crippen LogP contribution is 2.17. The van der Waals surface area contributed by atoms with Crippen molar-refractivity contribution in [3.05, 3.63) is 0 Å². The van der Waals surface area contributed by atoms with Crippen LogP contribution in [-0.4, -0.2) is 54.4 Å². The molecular weight excluding hydrogens is 208 g/mol. The van der Waals surface area contributed by atoms with E-state index in [1.165, 1.54) is 0 Å². The Balaban J connectivity index is 2.52. The average molecular weight is 230 g/mol. The Morgan fingerprint density at radius 2 is 2.44 bits per heavy atom. The highest BCUT2D eigenvalue weighted by molar-refractivity contribution is 5.73. The summed E-state index contributed by atoms with van der Waals surface area (Å²) in [7, 11) is 0. The maximum Gasteiger partial charge on any atom is 0.320 e. The topological polar surface area (TPSA) is 75.8 Å². The van der Waals surface area contributed by atoms with Crippen LogP contribution in [-0.2, 0) is 9.53 Å². The molecule has 1 heterocycles. The Morgan fingerprint density at radius 3 is 3.00 bits per heavy atom. The van der Waals surface area contributed by atoms with E-state index in [9.17, 15) is 4.79 Å². The number of carboxylic acids is 1. The van der Waals surface area contributed by atoms with E-state index >= 15 is 0 Å². The van der Waals surface area contributed by atoms with E-state index in [4.69, 9.17) is 15.6 Å². The lowest BCUT2D eigenvalue weighted by Gasteiger charge is -2.36. The second kappa shape index (κ2) is 6.83. The average Bonchev–Trinajstić information content (AvgIpc) is 2.26. The van der Waals surface area contributed by atoms with Crippen molar-refractivity contribution >= 4 is 5.97 Å². The second-order valence-corrected chi connectivity index (χ2v) is 4.15. The molecule has 2 atom stereocenters. The van der Waals surface area contributed by atoms with Crippen LogP contribution in [0.3, 0.4) is 0 Å². The van der Waals surface area contributed by atoms with Crippen molar-refractivity contribution < 1.29 is 14.6 Å². The van der Waals surface area contributed by atoms with Crippen LogP contribution in [0.4, 0.5) is 0 Å². The number of piperidine rings is 1. The Kier molecular flexibility index (Phi) is 5.73. The lowest BCUT2D eigenvalue weighted by molar-refractivity contribution is -0.145. The first-order chi connectivity index (χ1) is 7.69. The van der Waals surface area contributed by atoms with Gasteiger partial charge in [0.15, 0.2) is 0 Å². The summed E-state index contributed by atoms with van der Waals surface area (Å²) in [6.07, 6.45) is 2.71. The highest BCUT2D eigenvalue weighted by atomic mass is 16.5. The SMILES string of the molecule is CCOC1CCCN(C(CCN)C(=O)O)C1. The Hall–Kier alpha value is -0.650. The van der Waals surface area contributed by atoms with E-state index < -0.39 is 12.0 Å². The summed E-state index contributed by atoms with van der Waals surface area (Å²) in [5.74, 6) is -0.775. The van der Waals surface area contributed by atoms with Crippen LogP contribution >= 0.6 is 0 Å². The van der Waals surface area contributed by atoms with Gasteiger partial charge in [0.25, 0.3) is 0 Å². The van der Waals surface area contributed by atoms with E-state index in [-0.39, 0.29) is 6.10 Å². The molecule has 0 aromatic rings. The summed E-state index contributed by atoms with van der Waals surface area (Å²) in [6, 6.07) is -0.451. The number of likely N-dealkylation sites (tertiary alicyclic amines) is 1. The lowest BCUT2D eigenvalue weighted by Crippen LogP contribution is -2.49. The summed E-state index contributed by atoms with van der Waals surface area (Å²) in [5, 5.41) is 9.13. The van der Waals surface area contributed by atoms with Crippen LogP contribution in [0.1, 0.15) is 26.2 Å². The van der Waals surface area contributed by atoms with Gasteiger partial charge in [-0.05, 0) is 39.3 Å². The molecule has 0 aromatic carbocycles. The number of hydrogen-bond donors (Lipinski definition) is 2. The van der Waals surface area contributed by atoms with Gasteiger partial charge in [0.05, 0.1) is 6.10 Å². The number of aliphatic carboxylic acids is 1. The van der Waals surface area contributed by atoms with Crippen molar-refractivity contribution in [1.82, 2.24) is 4.90 Å². The standard InChI is InChI=1S/C11H22N2O3/c1-2-16-9-4-3-7-13(8-9)10(5-6-12)11(14)15/h9-10H,2-8,12H2,1H3,(H,14,15). The van der Waals surface area contributed by atoms with E-state index in [0.717, 1.165) is 19.4 Å². The van der Waals surface area contributed by atoms with Crippen LogP contribution in [0.5, 0.6) is 0 Å². The fourth-order valence-corrected chi connectivity index (χ4v) is 2.24. The van der Waals surface area contributed by atoms with Crippen LogP contribution in [0.25, 0.3) is 0 Å². The van der Waals surface area contributed by atoms with E-state index in [2.05, 4.69) is 0 Å². The summed E-state index contributed by atoms with van der Waals surface area (Å²) in [4.78, 5) is 13.1. The van der Waals surface area contributed by atoms with Crippen LogP contribution in [0, 0.1) is 0 Å². The molecule has 5 heteroatoms. The highest BCUT2D eigenvalue weighted by Gasteiger charge is 2.29. The normalized spacial score (nSPS) is 24.2. The molecule has 1 aliphatic rings. The Labute approximate surface area is 96.6 Å². The number of rotatable bonds is 6. The van der Waals surface area contributed by atoms with Gasteiger partial charge in [-0.2, -0.15) is 0 Å². The first-order valence-corrected chi connectivity index (χ1v) is 5.97. The van der Waals surface area contributed by atoms with E-state index in [0.29, 0.717) is 26.1 Å². The first-order valence-electron chi connectivity index (χ1n) is 5.97. The number of hydrogen-bond acceptors (Lipinski definition) is 4. The Bertz CT molecular complexity index is 221. The zero-order valence-electron chi connectivity index (χ0n) is 9.89. The van der Waals surface area contributed by atoms with Gasteiger partial charge >= 0.3 is 5.97 Å². The van der Waals surface area contributed by atoms with Crippen LogP contribution in [0.15, 0.2) is 0 Å². The van der Waals surface area contributed by atoms with Crippen molar-refractivity contribution in [3.8, 4) is 0 Å². The molecule has 0 spiro atoms. The molecule has 16 heavy (non-hydrogen) atoms. The fourth-order valence-electron chi connectivity index (χ4n) is 2.24. The third kappa shape index (κ3) is 3.73. The number of nitrogens with two attached hydrogens (primary N) is 1. The molecular formula is C11H22N2O3. The molecule has 0 amide bonds. The molecule has 2 unspecified atom stereocenters. The molecule has 0 radical (unpaired) electrons. The van der Waals surface area contributed by atoms with Crippen molar-refractivity contribution in [2.45, 2.75) is 38.3 Å². The molecule has 1 aliphatic heterocycles. The maximum absolute atomic E-state index is 11.1. The minimum atomic E-state index is -0.775. The van der Waals surface area contributed by atoms with Gasteiger partial charge < -0.3 is 15.6 Å². The van der Waals surface area contributed by atoms with Crippen LogP contribution < -0.4 is 5.73 Å². The summed E-state index contributed by atoms with van der Waals surface area (Å²) >= 11 is 0. The lowest BCUT2D eigenvalue weighted by atomic mass is 10.0. The van der Waals surface area contributed by atoms with E-state index in [1.807, 2.05) is 11.8 Å². The van der Waals surface area contributed by atoms with Crippen molar-refractivity contribution in [1.29, 1.82) is 0 Å². The predicted octanol–water partition coefficient (Wildman–Crippen LogP) is 0.289. The molecule has 1 fully saturated rings. The van der Waals surface area contributed by atoms with Crippen molar-refractivity contribution in [2.75, 3.05) is 26.2 Å². The summed E-state index contributed by atoms with van der Waals surface area (Å²) < 4.78 is 5.56. The zero-order chi connectivity index (χ0) is 12.0.